The number of benzene rings is 1. The first-order chi connectivity index (χ1) is 6.57. The van der Waals surface area contributed by atoms with Crippen LogP contribution in [-0.2, 0) is 4.74 Å². The van der Waals surface area contributed by atoms with Gasteiger partial charge >= 0.3 is 5.97 Å². The van der Waals surface area contributed by atoms with E-state index in [1.54, 1.807) is 6.92 Å². The third-order valence-electron chi connectivity index (χ3n) is 1.53. The van der Waals surface area contributed by atoms with E-state index in [0.717, 1.165) is 12.1 Å². The standard InChI is InChI=1S/C9H7ClF2O2/c1-2-14-9(13)5-3-4-6(11)8(12)7(5)10/h3-4H,2H2,1H3. The number of rotatable bonds is 2. The van der Waals surface area contributed by atoms with Crippen molar-refractivity contribution < 1.29 is 18.3 Å². The third-order valence-corrected chi connectivity index (χ3v) is 1.90. The maximum absolute atomic E-state index is 12.9. The fraction of sp³-hybridized carbons (Fsp3) is 0.222. The average molecular weight is 221 g/mol. The Kier molecular flexibility index (Phi) is 3.41. The molecule has 76 valence electrons. The summed E-state index contributed by atoms with van der Waals surface area (Å²) >= 11 is 5.41. The van der Waals surface area contributed by atoms with Gasteiger partial charge in [0.15, 0.2) is 11.6 Å². The molecule has 0 N–H and O–H groups in total. The van der Waals surface area contributed by atoms with Crippen LogP contribution in [0.15, 0.2) is 12.1 Å². The van der Waals surface area contributed by atoms with E-state index in [2.05, 4.69) is 4.74 Å². The van der Waals surface area contributed by atoms with E-state index in [4.69, 9.17) is 11.6 Å². The van der Waals surface area contributed by atoms with E-state index in [0.29, 0.717) is 0 Å². The van der Waals surface area contributed by atoms with Crippen LogP contribution in [0, 0.1) is 11.6 Å². The number of esters is 1. The molecule has 0 heterocycles. The van der Waals surface area contributed by atoms with Crippen LogP contribution >= 0.6 is 11.6 Å². The molecule has 0 aromatic heterocycles. The number of carbonyl (C=O) groups is 1. The summed E-state index contributed by atoms with van der Waals surface area (Å²) in [7, 11) is 0. The van der Waals surface area contributed by atoms with Crippen LogP contribution in [0.3, 0.4) is 0 Å². The lowest BCUT2D eigenvalue weighted by atomic mass is 10.2. The van der Waals surface area contributed by atoms with Gasteiger partial charge in [-0.1, -0.05) is 11.6 Å². The number of hydrogen-bond acceptors (Lipinski definition) is 2. The van der Waals surface area contributed by atoms with Crippen LogP contribution in [0.4, 0.5) is 8.78 Å². The molecule has 0 amide bonds. The van der Waals surface area contributed by atoms with Crippen molar-refractivity contribution in [3.63, 3.8) is 0 Å². The molecule has 0 saturated carbocycles. The maximum atomic E-state index is 12.9. The Bertz CT molecular complexity index is 366. The fourth-order valence-electron chi connectivity index (χ4n) is 0.892. The van der Waals surface area contributed by atoms with Crippen molar-refractivity contribution in [1.29, 1.82) is 0 Å². The van der Waals surface area contributed by atoms with Gasteiger partial charge in [0, 0.05) is 0 Å². The van der Waals surface area contributed by atoms with Gasteiger partial charge in [0.05, 0.1) is 17.2 Å². The summed E-state index contributed by atoms with van der Waals surface area (Å²) < 4.78 is 30.1. The summed E-state index contributed by atoms with van der Waals surface area (Å²) in [5.74, 6) is -3.10. The van der Waals surface area contributed by atoms with Crippen molar-refractivity contribution in [2.45, 2.75) is 6.92 Å². The first-order valence-electron chi connectivity index (χ1n) is 3.88. The van der Waals surface area contributed by atoms with Crippen LogP contribution in [0.1, 0.15) is 17.3 Å². The summed E-state index contributed by atoms with van der Waals surface area (Å²) in [4.78, 5) is 11.1. The second-order valence-electron chi connectivity index (χ2n) is 2.44. The van der Waals surface area contributed by atoms with Crippen LogP contribution < -0.4 is 0 Å². The van der Waals surface area contributed by atoms with Crippen LogP contribution in [0.2, 0.25) is 5.02 Å². The summed E-state index contributed by atoms with van der Waals surface area (Å²) in [5, 5.41) is -0.552. The zero-order chi connectivity index (χ0) is 10.7. The van der Waals surface area contributed by atoms with Gasteiger partial charge in [-0.3, -0.25) is 0 Å². The molecule has 14 heavy (non-hydrogen) atoms. The van der Waals surface area contributed by atoms with E-state index >= 15 is 0 Å². The summed E-state index contributed by atoms with van der Waals surface area (Å²) in [6.07, 6.45) is 0. The van der Waals surface area contributed by atoms with Crippen molar-refractivity contribution in [2.24, 2.45) is 0 Å². The molecular weight excluding hydrogens is 214 g/mol. The van der Waals surface area contributed by atoms with E-state index in [-0.39, 0.29) is 12.2 Å². The van der Waals surface area contributed by atoms with Crippen molar-refractivity contribution in [1.82, 2.24) is 0 Å². The predicted octanol–water partition coefficient (Wildman–Crippen LogP) is 2.79. The molecule has 1 rings (SSSR count). The van der Waals surface area contributed by atoms with Gasteiger partial charge in [-0.15, -0.1) is 0 Å². The van der Waals surface area contributed by atoms with Gasteiger partial charge in [0.2, 0.25) is 0 Å². The van der Waals surface area contributed by atoms with E-state index in [9.17, 15) is 13.6 Å². The molecule has 0 fully saturated rings. The Balaban J connectivity index is 3.11. The number of hydrogen-bond donors (Lipinski definition) is 0. The van der Waals surface area contributed by atoms with Crippen LogP contribution in [0.5, 0.6) is 0 Å². The molecule has 0 bridgehead atoms. The van der Waals surface area contributed by atoms with E-state index in [1.165, 1.54) is 0 Å². The smallest absolute Gasteiger partial charge is 0.339 e. The Morgan fingerprint density at radius 1 is 1.50 bits per heavy atom. The Morgan fingerprint density at radius 3 is 2.71 bits per heavy atom. The van der Waals surface area contributed by atoms with E-state index in [1.807, 2.05) is 0 Å². The molecule has 0 aliphatic carbocycles. The lowest BCUT2D eigenvalue weighted by Crippen LogP contribution is -2.06. The molecule has 0 radical (unpaired) electrons. The normalized spacial score (nSPS) is 10.0. The number of carbonyl (C=O) groups excluding carboxylic acids is 1. The topological polar surface area (TPSA) is 26.3 Å². The first kappa shape index (κ1) is 10.9. The minimum Gasteiger partial charge on any atom is -0.462 e. The highest BCUT2D eigenvalue weighted by Gasteiger charge is 2.17. The van der Waals surface area contributed by atoms with Gasteiger partial charge in [0.25, 0.3) is 0 Å². The Morgan fingerprint density at radius 2 is 2.14 bits per heavy atom. The molecule has 0 aliphatic rings. The highest BCUT2D eigenvalue weighted by Crippen LogP contribution is 2.22. The van der Waals surface area contributed by atoms with Crippen LogP contribution in [-0.4, -0.2) is 12.6 Å². The average Bonchev–Trinajstić information content (AvgIpc) is 2.15. The molecule has 0 spiro atoms. The second kappa shape index (κ2) is 4.37. The van der Waals surface area contributed by atoms with Crippen molar-refractivity contribution in [3.05, 3.63) is 34.4 Å². The highest BCUT2D eigenvalue weighted by atomic mass is 35.5. The van der Waals surface area contributed by atoms with Crippen LogP contribution in [0.25, 0.3) is 0 Å². The molecule has 1 aromatic rings. The lowest BCUT2D eigenvalue weighted by molar-refractivity contribution is 0.0526. The predicted molar refractivity (Wildman–Crippen MR) is 47.3 cm³/mol. The monoisotopic (exact) mass is 220 g/mol. The molecule has 0 aliphatic heterocycles. The summed E-state index contributed by atoms with van der Waals surface area (Å²) in [6.45, 7) is 1.75. The van der Waals surface area contributed by atoms with Gasteiger partial charge < -0.3 is 4.74 Å². The third kappa shape index (κ3) is 2.01. The second-order valence-corrected chi connectivity index (χ2v) is 2.82. The van der Waals surface area contributed by atoms with Gasteiger partial charge in [-0.25, -0.2) is 13.6 Å². The molecule has 0 unspecified atom stereocenters. The largest absolute Gasteiger partial charge is 0.462 e. The van der Waals surface area contributed by atoms with Gasteiger partial charge in [-0.2, -0.15) is 0 Å². The quantitative estimate of drug-likeness (QED) is 0.566. The SMILES string of the molecule is CCOC(=O)c1ccc(F)c(F)c1Cl. The minimum absolute atomic E-state index is 0.147. The van der Waals surface area contributed by atoms with Gasteiger partial charge in [-0.05, 0) is 19.1 Å². The highest BCUT2D eigenvalue weighted by molar-refractivity contribution is 6.33. The summed E-state index contributed by atoms with van der Waals surface area (Å²) in [5.41, 5.74) is -0.174. The lowest BCUT2D eigenvalue weighted by Gasteiger charge is -2.04. The molecule has 0 saturated heterocycles. The van der Waals surface area contributed by atoms with Gasteiger partial charge in [0.1, 0.15) is 0 Å². The van der Waals surface area contributed by atoms with Crippen molar-refractivity contribution in [2.75, 3.05) is 6.61 Å². The molecule has 5 heteroatoms. The first-order valence-corrected chi connectivity index (χ1v) is 4.26. The number of halogens is 3. The number of ether oxygens (including phenoxy) is 1. The maximum Gasteiger partial charge on any atom is 0.339 e. The minimum atomic E-state index is -1.24. The fourth-order valence-corrected chi connectivity index (χ4v) is 1.12. The Hall–Kier alpha value is -1.16. The zero-order valence-electron chi connectivity index (χ0n) is 7.31. The van der Waals surface area contributed by atoms with E-state index < -0.39 is 22.6 Å². The summed E-state index contributed by atoms with van der Waals surface area (Å²) in [6, 6.07) is 1.91. The Labute approximate surface area is 84.4 Å². The van der Waals surface area contributed by atoms with Crippen molar-refractivity contribution >= 4 is 17.6 Å². The molecule has 0 atom stereocenters. The molecule has 1 aromatic carbocycles. The molecular formula is C9H7ClF2O2. The van der Waals surface area contributed by atoms with Crippen molar-refractivity contribution in [3.8, 4) is 0 Å². The zero-order valence-corrected chi connectivity index (χ0v) is 8.07. The molecule has 2 nitrogen and oxygen atoms in total.